The summed E-state index contributed by atoms with van der Waals surface area (Å²) in [7, 11) is 1.84. The van der Waals surface area contributed by atoms with Gasteiger partial charge in [-0.15, -0.1) is 0 Å². The fourth-order valence-corrected chi connectivity index (χ4v) is 3.28. The Morgan fingerprint density at radius 1 is 1.09 bits per heavy atom. The van der Waals surface area contributed by atoms with Crippen molar-refractivity contribution in [2.24, 2.45) is 7.05 Å². The zero-order chi connectivity index (χ0) is 24.3. The second-order valence-electron chi connectivity index (χ2n) is 7.47. The summed E-state index contributed by atoms with van der Waals surface area (Å²) < 4.78 is 40.4. The van der Waals surface area contributed by atoms with Crippen LogP contribution in [0.2, 0.25) is 0 Å². The molecular formula is C22H20F3N7O2. The number of aryl methyl sites for hydroxylation is 1. The van der Waals surface area contributed by atoms with E-state index in [1.54, 1.807) is 71.0 Å². The number of nitrogens with zero attached hydrogens (tertiary/aromatic N) is 4. The first kappa shape index (κ1) is 22.8. The summed E-state index contributed by atoms with van der Waals surface area (Å²) in [4.78, 5) is 32.6. The Morgan fingerprint density at radius 3 is 2.65 bits per heavy atom. The lowest BCUT2D eigenvalue weighted by atomic mass is 10.1. The molecule has 3 aromatic heterocycles. The lowest BCUT2D eigenvalue weighted by Gasteiger charge is -2.11. The summed E-state index contributed by atoms with van der Waals surface area (Å²) >= 11 is 0. The number of urea groups is 1. The van der Waals surface area contributed by atoms with Gasteiger partial charge in [-0.3, -0.25) is 9.20 Å². The van der Waals surface area contributed by atoms with Gasteiger partial charge < -0.3 is 20.5 Å². The maximum absolute atomic E-state index is 12.5. The molecule has 3 amide bonds. The summed E-state index contributed by atoms with van der Waals surface area (Å²) in [6.45, 7) is -1.10. The quantitative estimate of drug-likeness (QED) is 0.401. The lowest BCUT2D eigenvalue weighted by molar-refractivity contribution is -0.122. The van der Waals surface area contributed by atoms with Gasteiger partial charge >= 0.3 is 12.2 Å². The molecule has 0 saturated heterocycles. The number of pyridine rings is 1. The predicted molar refractivity (Wildman–Crippen MR) is 118 cm³/mol. The number of fused-ring (bicyclic) bond motifs is 1. The number of imidazole rings is 2. The minimum Gasteiger partial charge on any atom is -0.346 e. The van der Waals surface area contributed by atoms with Crippen LogP contribution in [0.5, 0.6) is 0 Å². The van der Waals surface area contributed by atoms with E-state index in [0.717, 1.165) is 5.69 Å². The molecule has 4 rings (SSSR count). The molecule has 0 saturated carbocycles. The van der Waals surface area contributed by atoms with Gasteiger partial charge in [-0.1, -0.05) is 12.1 Å². The third-order valence-corrected chi connectivity index (χ3v) is 4.99. The van der Waals surface area contributed by atoms with Gasteiger partial charge in [-0.25, -0.2) is 14.8 Å². The van der Waals surface area contributed by atoms with Crippen molar-refractivity contribution in [3.8, 4) is 11.3 Å². The lowest BCUT2D eigenvalue weighted by Crippen LogP contribution is -2.36. The van der Waals surface area contributed by atoms with Gasteiger partial charge in [0.2, 0.25) is 0 Å². The van der Waals surface area contributed by atoms with Gasteiger partial charge in [0.1, 0.15) is 12.2 Å². The number of halogens is 3. The van der Waals surface area contributed by atoms with E-state index in [-0.39, 0.29) is 5.91 Å². The topological polar surface area (TPSA) is 105 Å². The number of rotatable bonds is 6. The molecule has 0 spiro atoms. The molecule has 0 fully saturated rings. The van der Waals surface area contributed by atoms with Gasteiger partial charge in [0.15, 0.2) is 0 Å². The molecule has 0 bridgehead atoms. The van der Waals surface area contributed by atoms with Crippen molar-refractivity contribution in [2.45, 2.75) is 12.7 Å². The molecule has 9 nitrogen and oxygen atoms in total. The monoisotopic (exact) mass is 471 g/mol. The second-order valence-corrected chi connectivity index (χ2v) is 7.47. The maximum atomic E-state index is 12.5. The molecule has 0 aliphatic rings. The summed E-state index contributed by atoms with van der Waals surface area (Å²) in [5, 5.41) is 6.98. The number of aromatic nitrogens is 4. The molecule has 12 heteroatoms. The van der Waals surface area contributed by atoms with Crippen molar-refractivity contribution in [3.05, 3.63) is 72.6 Å². The first-order chi connectivity index (χ1) is 16.2. The van der Waals surface area contributed by atoms with Crippen molar-refractivity contribution in [1.29, 1.82) is 0 Å². The van der Waals surface area contributed by atoms with Crippen molar-refractivity contribution in [1.82, 2.24) is 29.6 Å². The summed E-state index contributed by atoms with van der Waals surface area (Å²) in [6.07, 6.45) is 2.14. The Morgan fingerprint density at radius 2 is 1.91 bits per heavy atom. The normalized spacial score (nSPS) is 11.4. The van der Waals surface area contributed by atoms with Crippen molar-refractivity contribution < 1.29 is 22.8 Å². The minimum absolute atomic E-state index is 0.260. The van der Waals surface area contributed by atoms with E-state index in [1.807, 2.05) is 11.6 Å². The van der Waals surface area contributed by atoms with Crippen molar-refractivity contribution in [3.63, 3.8) is 0 Å². The van der Waals surface area contributed by atoms with Crippen molar-refractivity contribution in [2.75, 3.05) is 11.9 Å². The van der Waals surface area contributed by atoms with Gasteiger partial charge in [0.25, 0.3) is 5.91 Å². The van der Waals surface area contributed by atoms with Crippen LogP contribution in [0, 0.1) is 0 Å². The average Bonchev–Trinajstić information content (AvgIpc) is 3.41. The van der Waals surface area contributed by atoms with E-state index in [9.17, 15) is 22.8 Å². The minimum atomic E-state index is -4.50. The number of hydrogen-bond donors (Lipinski definition) is 3. The van der Waals surface area contributed by atoms with E-state index in [1.165, 1.54) is 0 Å². The van der Waals surface area contributed by atoms with Crippen LogP contribution < -0.4 is 16.0 Å². The van der Waals surface area contributed by atoms with E-state index >= 15 is 0 Å². The number of benzene rings is 1. The maximum Gasteiger partial charge on any atom is 0.405 e. The molecule has 34 heavy (non-hydrogen) atoms. The number of hydrogen-bond acceptors (Lipinski definition) is 4. The highest BCUT2D eigenvalue weighted by atomic mass is 19.4. The SMILES string of the molecule is Cn1cncc1CNC(=O)c1ccn2c(-c3cccc(NC(=O)NCC(F)(F)F)c3)cnc2c1. The van der Waals surface area contributed by atoms with Crippen LogP contribution in [0.25, 0.3) is 16.9 Å². The van der Waals surface area contributed by atoms with Crippen LogP contribution in [0.3, 0.4) is 0 Å². The predicted octanol–water partition coefficient (Wildman–Crippen LogP) is 3.35. The molecule has 0 aliphatic heterocycles. The number of anilines is 1. The van der Waals surface area contributed by atoms with Crippen LogP contribution in [0.4, 0.5) is 23.7 Å². The highest BCUT2D eigenvalue weighted by molar-refractivity contribution is 5.95. The molecule has 1 aromatic carbocycles. The summed E-state index contributed by atoms with van der Waals surface area (Å²) in [6, 6.07) is 8.95. The number of alkyl halides is 3. The number of carbonyl (C=O) groups is 2. The average molecular weight is 471 g/mol. The fraction of sp³-hybridized carbons (Fsp3) is 0.182. The van der Waals surface area contributed by atoms with Crippen molar-refractivity contribution >= 4 is 23.3 Å². The molecule has 4 aromatic rings. The van der Waals surface area contributed by atoms with E-state index in [2.05, 4.69) is 20.6 Å². The highest BCUT2D eigenvalue weighted by Crippen LogP contribution is 2.24. The molecule has 0 atom stereocenters. The molecule has 0 unspecified atom stereocenters. The fourth-order valence-electron chi connectivity index (χ4n) is 3.28. The third kappa shape index (κ3) is 5.34. The zero-order valence-electron chi connectivity index (χ0n) is 17.9. The smallest absolute Gasteiger partial charge is 0.346 e. The Balaban J connectivity index is 1.47. The number of amides is 3. The molecular weight excluding hydrogens is 451 g/mol. The number of carbonyl (C=O) groups excluding carboxylic acids is 2. The highest BCUT2D eigenvalue weighted by Gasteiger charge is 2.27. The Hall–Kier alpha value is -4.35. The number of nitrogens with one attached hydrogen (secondary N) is 3. The van der Waals surface area contributed by atoms with Gasteiger partial charge in [0, 0.05) is 36.3 Å². The van der Waals surface area contributed by atoms with Gasteiger partial charge in [0.05, 0.1) is 30.5 Å². The third-order valence-electron chi connectivity index (χ3n) is 4.99. The van der Waals surface area contributed by atoms with Crippen LogP contribution in [-0.4, -0.2) is 43.6 Å². The second kappa shape index (κ2) is 9.25. The Labute approximate surface area is 191 Å². The van der Waals surface area contributed by atoms with E-state index in [0.29, 0.717) is 34.7 Å². The van der Waals surface area contributed by atoms with Gasteiger partial charge in [-0.05, 0) is 24.3 Å². The summed E-state index contributed by atoms with van der Waals surface area (Å²) in [5.41, 5.74) is 3.50. The van der Waals surface area contributed by atoms with Gasteiger partial charge in [-0.2, -0.15) is 13.2 Å². The largest absolute Gasteiger partial charge is 0.405 e. The Kier molecular flexibility index (Phi) is 6.21. The molecule has 3 N–H and O–H groups in total. The molecule has 3 heterocycles. The van der Waals surface area contributed by atoms with E-state index in [4.69, 9.17) is 0 Å². The molecule has 0 radical (unpaired) electrons. The summed E-state index contributed by atoms with van der Waals surface area (Å²) in [5.74, 6) is -0.260. The molecule has 0 aliphatic carbocycles. The zero-order valence-corrected chi connectivity index (χ0v) is 17.9. The molecule has 176 valence electrons. The first-order valence-electron chi connectivity index (χ1n) is 10.1. The van der Waals surface area contributed by atoms with Crippen LogP contribution in [-0.2, 0) is 13.6 Å². The van der Waals surface area contributed by atoms with Crippen LogP contribution in [0.1, 0.15) is 16.1 Å². The van der Waals surface area contributed by atoms with Crippen LogP contribution in [0.15, 0.2) is 61.3 Å². The standard InChI is InChI=1S/C22H20F3N7O2/c1-31-13-26-9-17(31)10-28-20(33)15-5-6-32-18(11-27-19(32)8-15)14-3-2-4-16(7-14)30-21(34)29-12-22(23,24)25/h2-9,11,13H,10,12H2,1H3,(H,28,33)(H2,29,30,34). The van der Waals surface area contributed by atoms with E-state index < -0.39 is 18.8 Å². The van der Waals surface area contributed by atoms with Crippen LogP contribution >= 0.6 is 0 Å². The Bertz CT molecular complexity index is 1340. The first-order valence-corrected chi connectivity index (χ1v) is 10.1.